The van der Waals surface area contributed by atoms with Crippen LogP contribution in [-0.4, -0.2) is 28.8 Å². The van der Waals surface area contributed by atoms with E-state index in [4.69, 9.17) is 21.1 Å². The molecule has 1 unspecified atom stereocenters. The van der Waals surface area contributed by atoms with Crippen molar-refractivity contribution in [2.75, 3.05) is 7.11 Å². The summed E-state index contributed by atoms with van der Waals surface area (Å²) in [6, 6.07) is 24.1. The van der Waals surface area contributed by atoms with Crippen molar-refractivity contribution in [3.05, 3.63) is 117 Å². The predicted molar refractivity (Wildman–Crippen MR) is 143 cm³/mol. The first kappa shape index (κ1) is 24.6. The highest BCUT2D eigenvalue weighted by molar-refractivity contribution is 7.09. The number of thiophene rings is 1. The summed E-state index contributed by atoms with van der Waals surface area (Å²) in [5.41, 5.74) is 0.937. The number of amides is 1. The van der Waals surface area contributed by atoms with Crippen LogP contribution in [0.15, 0.2) is 95.9 Å². The number of likely N-dealkylation sites (tertiary alicyclic amines) is 1. The van der Waals surface area contributed by atoms with Crippen molar-refractivity contribution in [1.82, 2.24) is 4.90 Å². The van der Waals surface area contributed by atoms with E-state index in [9.17, 15) is 14.7 Å². The molecule has 1 aliphatic rings. The molecule has 0 saturated carbocycles. The number of rotatable bonds is 7. The normalized spacial score (nSPS) is 16.7. The number of para-hydroxylation sites is 1. The fourth-order valence-corrected chi connectivity index (χ4v) is 5.19. The summed E-state index contributed by atoms with van der Waals surface area (Å²) in [5.74, 6) is -0.216. The summed E-state index contributed by atoms with van der Waals surface area (Å²) in [6.45, 7) is 0.220. The second-order valence-corrected chi connectivity index (χ2v) is 9.78. The first-order valence-corrected chi connectivity index (χ1v) is 12.7. The van der Waals surface area contributed by atoms with Gasteiger partial charge in [-0.25, -0.2) is 0 Å². The number of aliphatic hydroxyl groups excluding tert-OH is 1. The molecule has 5 rings (SSSR count). The molecule has 8 heteroatoms. The third-order valence-corrected chi connectivity index (χ3v) is 7.20. The molecule has 1 atom stereocenters. The number of ether oxygens (including phenoxy) is 2. The molecule has 0 bridgehead atoms. The molecule has 0 spiro atoms. The van der Waals surface area contributed by atoms with Gasteiger partial charge in [-0.2, -0.15) is 0 Å². The van der Waals surface area contributed by atoms with Crippen LogP contribution in [0.4, 0.5) is 0 Å². The monoisotopic (exact) mass is 531 g/mol. The summed E-state index contributed by atoms with van der Waals surface area (Å²) in [5, 5.41) is 13.6. The fourth-order valence-electron chi connectivity index (χ4n) is 4.30. The Morgan fingerprint density at radius 2 is 1.76 bits per heavy atom. The van der Waals surface area contributed by atoms with Crippen molar-refractivity contribution < 1.29 is 24.2 Å². The summed E-state index contributed by atoms with van der Waals surface area (Å²) in [6.07, 6.45) is 0. The van der Waals surface area contributed by atoms with Crippen LogP contribution in [0.1, 0.15) is 22.0 Å². The van der Waals surface area contributed by atoms with Gasteiger partial charge in [0.2, 0.25) is 0 Å². The predicted octanol–water partition coefficient (Wildman–Crippen LogP) is 6.82. The number of hydrogen-bond donors (Lipinski definition) is 1. The summed E-state index contributed by atoms with van der Waals surface area (Å²) < 4.78 is 11.3. The second-order valence-electron chi connectivity index (χ2n) is 8.34. The Morgan fingerprint density at radius 3 is 2.49 bits per heavy atom. The lowest BCUT2D eigenvalue weighted by atomic mass is 9.95. The highest BCUT2D eigenvalue weighted by Crippen LogP contribution is 2.42. The number of carbonyl (C=O) groups is 2. The van der Waals surface area contributed by atoms with Crippen LogP contribution in [0.3, 0.4) is 0 Å². The Balaban J connectivity index is 1.62. The van der Waals surface area contributed by atoms with Crippen LogP contribution in [0.5, 0.6) is 17.2 Å². The van der Waals surface area contributed by atoms with Gasteiger partial charge in [-0.3, -0.25) is 9.59 Å². The molecule has 37 heavy (non-hydrogen) atoms. The van der Waals surface area contributed by atoms with Crippen molar-refractivity contribution in [2.24, 2.45) is 0 Å². The zero-order chi connectivity index (χ0) is 25.9. The van der Waals surface area contributed by atoms with Crippen molar-refractivity contribution in [3.63, 3.8) is 0 Å². The van der Waals surface area contributed by atoms with E-state index in [1.807, 2.05) is 53.9 Å². The van der Waals surface area contributed by atoms with E-state index in [2.05, 4.69) is 0 Å². The maximum absolute atomic E-state index is 13.3. The number of nitrogens with zero attached hydrogens (tertiary/aromatic N) is 1. The van der Waals surface area contributed by atoms with E-state index in [1.165, 1.54) is 29.4 Å². The standard InChI is InChI=1S/C29H22ClNO5S/c1-35-24-16-19(12-13-23(24)30)27(32)25-26(31(29(34)28(25)33)17-22-11-6-14-37-22)18-7-5-10-21(15-18)36-20-8-3-2-4-9-20/h2-16,26,32H,17H2,1H3/b27-25-. The van der Waals surface area contributed by atoms with Gasteiger partial charge in [0.1, 0.15) is 23.0 Å². The van der Waals surface area contributed by atoms with Gasteiger partial charge < -0.3 is 19.5 Å². The average Bonchev–Trinajstić information content (AvgIpc) is 3.52. The van der Waals surface area contributed by atoms with Gasteiger partial charge >= 0.3 is 0 Å². The number of hydrogen-bond acceptors (Lipinski definition) is 6. The fraction of sp³-hybridized carbons (Fsp3) is 0.103. The molecule has 3 aromatic carbocycles. The third-order valence-electron chi connectivity index (χ3n) is 6.02. The van der Waals surface area contributed by atoms with Gasteiger partial charge in [0.15, 0.2) is 0 Å². The van der Waals surface area contributed by atoms with Crippen LogP contribution in [0, 0.1) is 0 Å². The molecule has 2 heterocycles. The van der Waals surface area contributed by atoms with Crippen molar-refractivity contribution in [2.45, 2.75) is 12.6 Å². The molecule has 6 nitrogen and oxygen atoms in total. The lowest BCUT2D eigenvalue weighted by molar-refractivity contribution is -0.140. The number of carbonyl (C=O) groups excluding carboxylic acids is 2. The Hall–Kier alpha value is -4.07. The van der Waals surface area contributed by atoms with Crippen LogP contribution in [-0.2, 0) is 16.1 Å². The van der Waals surface area contributed by atoms with Gasteiger partial charge in [0, 0.05) is 10.4 Å². The van der Waals surface area contributed by atoms with Gasteiger partial charge in [0.05, 0.1) is 30.3 Å². The topological polar surface area (TPSA) is 76.1 Å². The smallest absolute Gasteiger partial charge is 0.295 e. The van der Waals surface area contributed by atoms with Crippen LogP contribution in [0.25, 0.3) is 5.76 Å². The Labute approximate surface area is 223 Å². The summed E-state index contributed by atoms with van der Waals surface area (Å²) >= 11 is 7.65. The van der Waals surface area contributed by atoms with E-state index in [0.717, 1.165) is 4.88 Å². The van der Waals surface area contributed by atoms with Gasteiger partial charge in [-0.05, 0) is 59.5 Å². The molecule has 0 aliphatic carbocycles. The number of benzene rings is 3. The molecule has 1 saturated heterocycles. The number of methoxy groups -OCH3 is 1. The largest absolute Gasteiger partial charge is 0.507 e. The first-order chi connectivity index (χ1) is 18.0. The van der Waals surface area contributed by atoms with Crippen molar-refractivity contribution in [3.8, 4) is 17.2 Å². The minimum absolute atomic E-state index is 0.0113. The maximum atomic E-state index is 13.3. The van der Waals surface area contributed by atoms with Gasteiger partial charge in [-0.1, -0.05) is 48.0 Å². The maximum Gasteiger partial charge on any atom is 0.295 e. The lowest BCUT2D eigenvalue weighted by Crippen LogP contribution is -2.28. The number of halogens is 1. The molecule has 1 aliphatic heterocycles. The quantitative estimate of drug-likeness (QED) is 0.161. The van der Waals surface area contributed by atoms with E-state index in [1.54, 1.807) is 30.3 Å². The third kappa shape index (κ3) is 4.96. The highest BCUT2D eigenvalue weighted by Gasteiger charge is 2.46. The Kier molecular flexibility index (Phi) is 6.99. The van der Waals surface area contributed by atoms with Gasteiger partial charge in [-0.15, -0.1) is 11.3 Å². The number of aliphatic hydroxyl groups is 1. The molecule has 4 aromatic rings. The molecule has 1 aromatic heterocycles. The molecular weight excluding hydrogens is 510 g/mol. The second kappa shape index (κ2) is 10.5. The molecule has 1 fully saturated rings. The molecule has 186 valence electrons. The molecule has 1 amide bonds. The Bertz CT molecular complexity index is 1480. The first-order valence-electron chi connectivity index (χ1n) is 11.4. The molecule has 1 N–H and O–H groups in total. The summed E-state index contributed by atoms with van der Waals surface area (Å²) in [4.78, 5) is 29.0. The Morgan fingerprint density at radius 1 is 0.973 bits per heavy atom. The average molecular weight is 532 g/mol. The minimum atomic E-state index is -0.830. The lowest BCUT2D eigenvalue weighted by Gasteiger charge is -2.25. The van der Waals surface area contributed by atoms with Crippen LogP contribution < -0.4 is 9.47 Å². The number of Topliss-reactive ketones (excluding diaryl/α,β-unsaturated/α-hetero) is 1. The molecular formula is C29H22ClNO5S. The highest BCUT2D eigenvalue weighted by atomic mass is 35.5. The van der Waals surface area contributed by atoms with E-state index >= 15 is 0 Å². The SMILES string of the molecule is COc1cc(/C(O)=C2/C(=O)C(=O)N(Cc3cccs3)C2c2cccc(Oc3ccccc3)c2)ccc1Cl. The summed E-state index contributed by atoms with van der Waals surface area (Å²) in [7, 11) is 1.46. The van der Waals surface area contributed by atoms with Crippen molar-refractivity contribution in [1.29, 1.82) is 0 Å². The van der Waals surface area contributed by atoms with Crippen molar-refractivity contribution >= 4 is 40.4 Å². The number of ketones is 1. The van der Waals surface area contributed by atoms with E-state index in [-0.39, 0.29) is 17.9 Å². The van der Waals surface area contributed by atoms with Gasteiger partial charge in [0.25, 0.3) is 11.7 Å². The zero-order valence-corrected chi connectivity index (χ0v) is 21.3. The van der Waals surface area contributed by atoms with E-state index in [0.29, 0.717) is 33.4 Å². The minimum Gasteiger partial charge on any atom is -0.507 e. The van der Waals surface area contributed by atoms with Crippen LogP contribution in [0.2, 0.25) is 5.02 Å². The zero-order valence-electron chi connectivity index (χ0n) is 19.8. The molecule has 0 radical (unpaired) electrons. The van der Waals surface area contributed by atoms with Crippen LogP contribution >= 0.6 is 22.9 Å². The van der Waals surface area contributed by atoms with E-state index < -0.39 is 17.7 Å².